The van der Waals surface area contributed by atoms with Crippen molar-refractivity contribution in [1.82, 2.24) is 0 Å². The van der Waals surface area contributed by atoms with E-state index >= 15 is 0 Å². The van der Waals surface area contributed by atoms with Gasteiger partial charge >= 0.3 is 8.69 Å². The van der Waals surface area contributed by atoms with Gasteiger partial charge in [-0.05, 0) is 13.3 Å². The summed E-state index contributed by atoms with van der Waals surface area (Å²) >= 11 is 0. The third-order valence-electron chi connectivity index (χ3n) is 0.680. The van der Waals surface area contributed by atoms with Crippen molar-refractivity contribution in [2.75, 3.05) is 6.61 Å². The molecule has 1 unspecified atom stereocenters. The molecule has 0 aromatic carbocycles. The molecule has 1 atom stereocenters. The summed E-state index contributed by atoms with van der Waals surface area (Å²) in [4.78, 5) is 0. The van der Waals surface area contributed by atoms with Crippen LogP contribution in [0.4, 0.5) is 0 Å². The molecule has 0 rings (SSSR count). The van der Waals surface area contributed by atoms with Gasteiger partial charge in [-0.2, -0.15) is 0 Å². The Morgan fingerprint density at radius 3 is 2.88 bits per heavy atom. The monoisotopic (exact) mass is 136 g/mol. The van der Waals surface area contributed by atoms with Gasteiger partial charge in [-0.25, -0.2) is 4.57 Å². The number of hydrogen-bond acceptors (Lipinski definition) is 3. The van der Waals surface area contributed by atoms with E-state index < -0.39 is 0 Å². The predicted octanol–water partition coefficient (Wildman–Crippen LogP) is 0.981. The number of aliphatic hydroxyl groups excluding tert-OH is 1. The fourth-order valence-corrected chi connectivity index (χ4v) is 0.440. The minimum atomic E-state index is -0.364. The first kappa shape index (κ1) is 8.02. The molecule has 0 aliphatic rings. The Morgan fingerprint density at radius 1 is 1.88 bits per heavy atom. The lowest BCUT2D eigenvalue weighted by molar-refractivity contribution is 0.160. The lowest BCUT2D eigenvalue weighted by atomic mass is 10.3. The highest BCUT2D eigenvalue weighted by atomic mass is 31.1. The number of rotatable bonds is 4. The van der Waals surface area contributed by atoms with Crippen molar-refractivity contribution in [3.05, 3.63) is 0 Å². The second kappa shape index (κ2) is 5.16. The topological polar surface area (TPSA) is 46.5 Å². The normalized spacial score (nSPS) is 14.2. The third-order valence-corrected chi connectivity index (χ3v) is 0.968. The van der Waals surface area contributed by atoms with E-state index in [1.165, 1.54) is 0 Å². The standard InChI is InChI=1S/C4H9O3P/c1-4(5)2-3-7-8-6/h4-5H,2-3H2,1H3. The van der Waals surface area contributed by atoms with Crippen LogP contribution in [0.1, 0.15) is 13.3 Å². The Hall–Kier alpha value is 0.0200. The first-order valence-electron chi connectivity index (χ1n) is 2.40. The van der Waals surface area contributed by atoms with Crippen molar-refractivity contribution in [2.45, 2.75) is 19.4 Å². The minimum absolute atomic E-state index is 0.311. The summed E-state index contributed by atoms with van der Waals surface area (Å²) < 4.78 is 14.0. The van der Waals surface area contributed by atoms with Crippen LogP contribution in [0.15, 0.2) is 0 Å². The molecule has 0 amide bonds. The molecule has 48 valence electrons. The van der Waals surface area contributed by atoms with Gasteiger partial charge in [-0.15, -0.1) is 0 Å². The summed E-state index contributed by atoms with van der Waals surface area (Å²) in [6, 6.07) is 0. The summed E-state index contributed by atoms with van der Waals surface area (Å²) in [5.74, 6) is 0. The van der Waals surface area contributed by atoms with E-state index in [2.05, 4.69) is 4.52 Å². The Labute approximate surface area is 49.9 Å². The summed E-state index contributed by atoms with van der Waals surface area (Å²) in [6.45, 7) is 2.01. The Balaban J connectivity index is 2.81. The number of hydrogen-bond donors (Lipinski definition) is 1. The van der Waals surface area contributed by atoms with Crippen LogP contribution in [0, 0.1) is 0 Å². The van der Waals surface area contributed by atoms with Crippen LogP contribution in [0.3, 0.4) is 0 Å². The molecule has 0 aromatic heterocycles. The SMILES string of the molecule is CC(O)CCOP=O. The zero-order valence-corrected chi connectivity index (χ0v) is 5.60. The maximum atomic E-state index is 9.58. The Morgan fingerprint density at radius 2 is 2.50 bits per heavy atom. The molecule has 0 radical (unpaired) electrons. The molecule has 0 aliphatic carbocycles. The van der Waals surface area contributed by atoms with Gasteiger partial charge in [0, 0.05) is 0 Å². The van der Waals surface area contributed by atoms with Crippen molar-refractivity contribution in [3.8, 4) is 0 Å². The Bertz CT molecular complexity index is 64.3. The second-order valence-corrected chi connectivity index (χ2v) is 1.95. The van der Waals surface area contributed by atoms with Gasteiger partial charge in [0.1, 0.15) is 0 Å². The number of aliphatic hydroxyl groups is 1. The molecule has 3 nitrogen and oxygen atoms in total. The quantitative estimate of drug-likeness (QED) is 0.462. The van der Waals surface area contributed by atoms with Crippen LogP contribution in [-0.4, -0.2) is 17.8 Å². The first-order valence-corrected chi connectivity index (χ1v) is 3.13. The van der Waals surface area contributed by atoms with E-state index in [0.717, 1.165) is 0 Å². The van der Waals surface area contributed by atoms with E-state index in [-0.39, 0.29) is 14.8 Å². The highest BCUT2D eigenvalue weighted by Crippen LogP contribution is 1.97. The zero-order chi connectivity index (χ0) is 6.41. The van der Waals surface area contributed by atoms with Gasteiger partial charge in [-0.1, -0.05) is 0 Å². The van der Waals surface area contributed by atoms with Crippen molar-refractivity contribution in [1.29, 1.82) is 0 Å². The van der Waals surface area contributed by atoms with Crippen LogP contribution in [0.25, 0.3) is 0 Å². The van der Waals surface area contributed by atoms with E-state index in [1.54, 1.807) is 6.92 Å². The molecule has 0 spiro atoms. The molecular weight excluding hydrogens is 127 g/mol. The molecule has 0 saturated carbocycles. The van der Waals surface area contributed by atoms with Crippen molar-refractivity contribution >= 4 is 8.69 Å². The molecule has 0 bridgehead atoms. The van der Waals surface area contributed by atoms with E-state index in [9.17, 15) is 4.57 Å². The summed E-state index contributed by atoms with van der Waals surface area (Å²) in [5, 5.41) is 8.59. The molecule has 0 saturated heterocycles. The van der Waals surface area contributed by atoms with Gasteiger partial charge in [0.15, 0.2) is 0 Å². The molecule has 4 heteroatoms. The van der Waals surface area contributed by atoms with Gasteiger partial charge in [-0.3, -0.25) is 4.52 Å². The van der Waals surface area contributed by atoms with Gasteiger partial charge in [0.25, 0.3) is 0 Å². The second-order valence-electron chi connectivity index (χ2n) is 1.55. The van der Waals surface area contributed by atoms with Crippen LogP contribution >= 0.6 is 8.69 Å². The molecule has 0 aromatic rings. The van der Waals surface area contributed by atoms with Crippen molar-refractivity contribution in [2.24, 2.45) is 0 Å². The summed E-state index contributed by atoms with van der Waals surface area (Å²) in [5.41, 5.74) is 0. The van der Waals surface area contributed by atoms with Gasteiger partial charge in [0.05, 0.1) is 12.7 Å². The van der Waals surface area contributed by atoms with Crippen molar-refractivity contribution < 1.29 is 14.2 Å². The fraction of sp³-hybridized carbons (Fsp3) is 1.00. The molecule has 8 heavy (non-hydrogen) atoms. The van der Waals surface area contributed by atoms with Crippen LogP contribution in [-0.2, 0) is 9.09 Å². The molecule has 0 aliphatic heterocycles. The summed E-state index contributed by atoms with van der Waals surface area (Å²) in [6.07, 6.45) is 0.173. The Kier molecular flexibility index (Phi) is 5.18. The van der Waals surface area contributed by atoms with Crippen molar-refractivity contribution in [3.63, 3.8) is 0 Å². The largest absolute Gasteiger partial charge is 0.393 e. The lowest BCUT2D eigenvalue weighted by Crippen LogP contribution is -2.01. The maximum absolute atomic E-state index is 9.58. The van der Waals surface area contributed by atoms with E-state index in [1.807, 2.05) is 0 Å². The molecule has 0 fully saturated rings. The van der Waals surface area contributed by atoms with Crippen LogP contribution in [0.5, 0.6) is 0 Å². The van der Waals surface area contributed by atoms with Crippen LogP contribution in [0.2, 0.25) is 0 Å². The average Bonchev–Trinajstić information content (AvgIpc) is 1.66. The lowest BCUT2D eigenvalue weighted by Gasteiger charge is -1.97. The molecule has 1 N–H and O–H groups in total. The van der Waals surface area contributed by atoms with E-state index in [4.69, 9.17) is 5.11 Å². The average molecular weight is 136 g/mol. The minimum Gasteiger partial charge on any atom is -0.393 e. The third kappa shape index (κ3) is 6.02. The first-order chi connectivity index (χ1) is 3.77. The highest BCUT2D eigenvalue weighted by Gasteiger charge is 1.93. The van der Waals surface area contributed by atoms with Gasteiger partial charge in [0.2, 0.25) is 0 Å². The molecule has 0 heterocycles. The highest BCUT2D eigenvalue weighted by molar-refractivity contribution is 7.17. The molecular formula is C4H9O3P. The van der Waals surface area contributed by atoms with Crippen LogP contribution < -0.4 is 0 Å². The summed E-state index contributed by atoms with van der Waals surface area (Å²) in [7, 11) is -0.311. The zero-order valence-electron chi connectivity index (χ0n) is 4.70. The predicted molar refractivity (Wildman–Crippen MR) is 29.9 cm³/mol. The van der Waals surface area contributed by atoms with E-state index in [0.29, 0.717) is 13.0 Å². The smallest absolute Gasteiger partial charge is 0.327 e. The van der Waals surface area contributed by atoms with Gasteiger partial charge < -0.3 is 5.11 Å². The maximum Gasteiger partial charge on any atom is 0.327 e. The fourth-order valence-electron chi connectivity index (χ4n) is 0.261.